The van der Waals surface area contributed by atoms with Gasteiger partial charge >= 0.3 is 0 Å². The lowest BCUT2D eigenvalue weighted by atomic mass is 10.1. The van der Waals surface area contributed by atoms with Crippen molar-refractivity contribution in [1.29, 1.82) is 0 Å². The minimum absolute atomic E-state index is 0.0877. The van der Waals surface area contributed by atoms with Crippen LogP contribution in [0.2, 0.25) is 0 Å². The summed E-state index contributed by atoms with van der Waals surface area (Å²) in [5.41, 5.74) is 4.24. The number of nitrogens with zero attached hydrogens (tertiary/aromatic N) is 5. The fraction of sp³-hybridized carbons (Fsp3) is 0.444. The molecule has 1 aromatic heterocycles. The van der Waals surface area contributed by atoms with Gasteiger partial charge in [-0.05, 0) is 44.4 Å². The van der Waals surface area contributed by atoms with Crippen molar-refractivity contribution >= 4 is 5.91 Å². The Morgan fingerprint density at radius 1 is 0.941 bits per heavy atom. The molecule has 0 saturated carbocycles. The SMILES string of the molecule is Cc1ccc(-c2noc(C(C)N3CCN(Cc4ccc(C(=O)N5CCCC5)cc4)CC3)n2)cc1. The molecule has 1 atom stereocenters. The molecule has 1 unspecified atom stereocenters. The molecule has 3 aromatic rings. The Morgan fingerprint density at radius 2 is 1.62 bits per heavy atom. The molecule has 7 heteroatoms. The molecule has 2 fully saturated rings. The molecular formula is C27H33N5O2. The van der Waals surface area contributed by atoms with Crippen LogP contribution in [0.25, 0.3) is 11.4 Å². The standard InChI is InChI=1S/C27H33N5O2/c1-20-5-9-23(10-6-20)25-28-26(34-29-25)21(2)31-17-15-30(16-18-31)19-22-7-11-24(12-8-22)27(33)32-13-3-4-14-32/h5-12,21H,3-4,13-19H2,1-2H3. The molecule has 0 N–H and O–H groups in total. The largest absolute Gasteiger partial charge is 0.339 e. The van der Waals surface area contributed by atoms with Gasteiger partial charge in [-0.3, -0.25) is 14.6 Å². The quantitative estimate of drug-likeness (QED) is 0.552. The first-order valence-corrected chi connectivity index (χ1v) is 12.3. The molecule has 5 rings (SSSR count). The third-order valence-electron chi connectivity index (χ3n) is 7.06. The van der Waals surface area contributed by atoms with Gasteiger partial charge in [-0.15, -0.1) is 0 Å². The Balaban J connectivity index is 1.13. The van der Waals surface area contributed by atoms with E-state index in [1.807, 2.05) is 29.2 Å². The lowest BCUT2D eigenvalue weighted by Gasteiger charge is -2.36. The topological polar surface area (TPSA) is 65.7 Å². The van der Waals surface area contributed by atoms with Crippen molar-refractivity contribution in [1.82, 2.24) is 24.8 Å². The van der Waals surface area contributed by atoms with Crippen LogP contribution < -0.4 is 0 Å². The van der Waals surface area contributed by atoms with Crippen LogP contribution in [0.4, 0.5) is 0 Å². The Kier molecular flexibility index (Phi) is 6.74. The van der Waals surface area contributed by atoms with Crippen LogP contribution in [-0.2, 0) is 6.54 Å². The summed E-state index contributed by atoms with van der Waals surface area (Å²) in [7, 11) is 0. The second-order valence-corrected chi connectivity index (χ2v) is 9.51. The maximum atomic E-state index is 12.6. The van der Waals surface area contributed by atoms with Gasteiger partial charge in [0.1, 0.15) is 0 Å². The zero-order valence-electron chi connectivity index (χ0n) is 20.1. The van der Waals surface area contributed by atoms with E-state index in [2.05, 4.69) is 58.1 Å². The number of hydrogen-bond donors (Lipinski definition) is 0. The first-order chi connectivity index (χ1) is 16.6. The van der Waals surface area contributed by atoms with Crippen molar-refractivity contribution in [2.24, 2.45) is 0 Å². The van der Waals surface area contributed by atoms with Gasteiger partial charge in [-0.1, -0.05) is 47.1 Å². The zero-order valence-corrected chi connectivity index (χ0v) is 20.1. The zero-order chi connectivity index (χ0) is 23.5. The molecule has 2 aliphatic heterocycles. The number of benzene rings is 2. The van der Waals surface area contributed by atoms with E-state index in [-0.39, 0.29) is 11.9 Å². The van der Waals surface area contributed by atoms with Gasteiger partial charge in [0.25, 0.3) is 5.91 Å². The second-order valence-electron chi connectivity index (χ2n) is 9.51. The van der Waals surface area contributed by atoms with Crippen molar-refractivity contribution in [2.45, 2.75) is 39.3 Å². The Bertz CT molecular complexity index is 1090. The summed E-state index contributed by atoms with van der Waals surface area (Å²) < 4.78 is 5.61. The normalized spacial score (nSPS) is 18.4. The summed E-state index contributed by atoms with van der Waals surface area (Å²) in [5, 5.41) is 4.20. The van der Waals surface area contributed by atoms with Gasteiger partial charge in [-0.2, -0.15) is 4.98 Å². The number of aromatic nitrogens is 2. The number of carbonyl (C=O) groups excluding carboxylic acids is 1. The van der Waals surface area contributed by atoms with E-state index < -0.39 is 0 Å². The van der Waals surface area contributed by atoms with Crippen LogP contribution in [0.1, 0.15) is 53.2 Å². The van der Waals surface area contributed by atoms with Crippen LogP contribution in [0.3, 0.4) is 0 Å². The molecule has 2 saturated heterocycles. The van der Waals surface area contributed by atoms with Crippen molar-refractivity contribution in [2.75, 3.05) is 39.3 Å². The van der Waals surface area contributed by atoms with Crippen molar-refractivity contribution in [3.63, 3.8) is 0 Å². The van der Waals surface area contributed by atoms with Gasteiger partial charge in [0, 0.05) is 56.9 Å². The van der Waals surface area contributed by atoms with Crippen LogP contribution in [-0.4, -0.2) is 70.0 Å². The maximum absolute atomic E-state index is 12.6. The summed E-state index contributed by atoms with van der Waals surface area (Å²) in [5.74, 6) is 1.48. The molecule has 3 heterocycles. The highest BCUT2D eigenvalue weighted by atomic mass is 16.5. The van der Waals surface area contributed by atoms with Gasteiger partial charge in [0.05, 0.1) is 6.04 Å². The van der Waals surface area contributed by atoms with E-state index in [9.17, 15) is 4.79 Å². The number of aryl methyl sites for hydroxylation is 1. The molecule has 0 spiro atoms. The number of amides is 1. The molecule has 0 bridgehead atoms. The van der Waals surface area contributed by atoms with E-state index in [4.69, 9.17) is 4.52 Å². The van der Waals surface area contributed by atoms with Gasteiger partial charge < -0.3 is 9.42 Å². The van der Waals surface area contributed by atoms with Gasteiger partial charge in [-0.25, -0.2) is 0 Å². The first kappa shape index (κ1) is 22.7. The molecule has 2 aromatic carbocycles. The lowest BCUT2D eigenvalue weighted by Crippen LogP contribution is -2.46. The highest BCUT2D eigenvalue weighted by molar-refractivity contribution is 5.94. The van der Waals surface area contributed by atoms with Crippen molar-refractivity contribution in [3.05, 3.63) is 71.1 Å². The van der Waals surface area contributed by atoms with E-state index >= 15 is 0 Å². The molecular weight excluding hydrogens is 426 g/mol. The van der Waals surface area contributed by atoms with E-state index in [1.54, 1.807) is 0 Å². The molecule has 0 radical (unpaired) electrons. The number of rotatable bonds is 6. The monoisotopic (exact) mass is 459 g/mol. The number of likely N-dealkylation sites (tertiary alicyclic amines) is 1. The molecule has 34 heavy (non-hydrogen) atoms. The Morgan fingerprint density at radius 3 is 2.29 bits per heavy atom. The Labute approximate surface area is 201 Å². The van der Waals surface area contributed by atoms with E-state index in [1.165, 1.54) is 11.1 Å². The summed E-state index contributed by atoms with van der Waals surface area (Å²) in [6.07, 6.45) is 2.24. The van der Waals surface area contributed by atoms with Gasteiger partial charge in [0.2, 0.25) is 11.7 Å². The van der Waals surface area contributed by atoms with E-state index in [0.29, 0.717) is 11.7 Å². The summed E-state index contributed by atoms with van der Waals surface area (Å²) in [4.78, 5) is 24.0. The third kappa shape index (κ3) is 5.05. The smallest absolute Gasteiger partial charge is 0.253 e. The molecule has 7 nitrogen and oxygen atoms in total. The summed E-state index contributed by atoms with van der Waals surface area (Å²) in [6, 6.07) is 16.4. The van der Waals surface area contributed by atoms with E-state index in [0.717, 1.165) is 69.8 Å². The molecule has 178 valence electrons. The van der Waals surface area contributed by atoms with Crippen molar-refractivity contribution < 1.29 is 9.32 Å². The Hall–Kier alpha value is -3.03. The van der Waals surface area contributed by atoms with Crippen molar-refractivity contribution in [3.8, 4) is 11.4 Å². The average Bonchev–Trinajstić information content (AvgIpc) is 3.58. The minimum Gasteiger partial charge on any atom is -0.339 e. The second kappa shape index (κ2) is 10.1. The fourth-order valence-corrected chi connectivity index (χ4v) is 4.80. The lowest BCUT2D eigenvalue weighted by molar-refractivity contribution is 0.0792. The molecule has 0 aliphatic carbocycles. The summed E-state index contributed by atoms with van der Waals surface area (Å²) in [6.45, 7) is 10.8. The maximum Gasteiger partial charge on any atom is 0.253 e. The number of hydrogen-bond acceptors (Lipinski definition) is 6. The fourth-order valence-electron chi connectivity index (χ4n) is 4.80. The predicted octanol–water partition coefficient (Wildman–Crippen LogP) is 4.16. The highest BCUT2D eigenvalue weighted by Gasteiger charge is 2.26. The molecule has 2 aliphatic rings. The van der Waals surface area contributed by atoms with Crippen LogP contribution in [0, 0.1) is 6.92 Å². The predicted molar refractivity (Wildman–Crippen MR) is 131 cm³/mol. The minimum atomic E-state index is 0.0877. The van der Waals surface area contributed by atoms with Crippen LogP contribution >= 0.6 is 0 Å². The van der Waals surface area contributed by atoms with Gasteiger partial charge in [0.15, 0.2) is 0 Å². The summed E-state index contributed by atoms with van der Waals surface area (Å²) >= 11 is 0. The van der Waals surface area contributed by atoms with Crippen LogP contribution in [0.15, 0.2) is 53.1 Å². The number of piperazine rings is 1. The average molecular weight is 460 g/mol. The third-order valence-corrected chi connectivity index (χ3v) is 7.06. The highest BCUT2D eigenvalue weighted by Crippen LogP contribution is 2.24. The number of carbonyl (C=O) groups is 1. The first-order valence-electron chi connectivity index (χ1n) is 12.3. The molecule has 1 amide bonds. The van der Waals surface area contributed by atoms with Crippen LogP contribution in [0.5, 0.6) is 0 Å².